The maximum atomic E-state index is 11.7. The van der Waals surface area contributed by atoms with Gasteiger partial charge >= 0.3 is 0 Å². The third-order valence-corrected chi connectivity index (χ3v) is 2.54. The number of aromatic hydroxyl groups is 2. The molecule has 0 bridgehead atoms. The van der Waals surface area contributed by atoms with Gasteiger partial charge < -0.3 is 20.8 Å². The van der Waals surface area contributed by atoms with Crippen LogP contribution in [0.3, 0.4) is 0 Å². The van der Waals surface area contributed by atoms with E-state index in [0.717, 1.165) is 6.07 Å². The summed E-state index contributed by atoms with van der Waals surface area (Å²) in [5, 5.41) is 23.8. The number of benzene rings is 1. The molecule has 17 heavy (non-hydrogen) atoms. The summed E-state index contributed by atoms with van der Waals surface area (Å²) in [6.07, 6.45) is 0.241. The van der Waals surface area contributed by atoms with Crippen molar-refractivity contribution in [2.24, 2.45) is 0 Å². The van der Waals surface area contributed by atoms with Crippen LogP contribution in [-0.4, -0.2) is 34.6 Å². The van der Waals surface area contributed by atoms with Gasteiger partial charge in [0.1, 0.15) is 11.5 Å². The van der Waals surface area contributed by atoms with Crippen LogP contribution in [0.15, 0.2) is 18.2 Å². The molecule has 90 valence electrons. The summed E-state index contributed by atoms with van der Waals surface area (Å²) in [5.41, 5.74) is 0.0714. The summed E-state index contributed by atoms with van der Waals surface area (Å²) in [7, 11) is 0. The third kappa shape index (κ3) is 2.47. The number of rotatable bonds is 2. The van der Waals surface area contributed by atoms with E-state index in [2.05, 4.69) is 10.6 Å². The maximum absolute atomic E-state index is 11.7. The first-order valence-electron chi connectivity index (χ1n) is 5.16. The summed E-state index contributed by atoms with van der Waals surface area (Å²) < 4.78 is 0. The molecule has 1 heterocycles. The minimum atomic E-state index is -0.469. The van der Waals surface area contributed by atoms with Gasteiger partial charge in [0.2, 0.25) is 5.91 Å². The summed E-state index contributed by atoms with van der Waals surface area (Å²) in [6, 6.07) is 3.47. The van der Waals surface area contributed by atoms with Gasteiger partial charge in [-0.15, -0.1) is 0 Å². The van der Waals surface area contributed by atoms with Gasteiger partial charge in [-0.25, -0.2) is 0 Å². The summed E-state index contributed by atoms with van der Waals surface area (Å²) in [4.78, 5) is 22.7. The van der Waals surface area contributed by atoms with Crippen molar-refractivity contribution in [1.82, 2.24) is 10.6 Å². The molecule has 1 saturated heterocycles. The molecule has 1 fully saturated rings. The minimum absolute atomic E-state index is 0.0714. The fraction of sp³-hybridized carbons (Fsp3) is 0.273. The number of hydrogen-bond donors (Lipinski definition) is 4. The molecule has 2 rings (SSSR count). The Morgan fingerprint density at radius 3 is 2.76 bits per heavy atom. The lowest BCUT2D eigenvalue weighted by Gasteiger charge is -2.11. The second-order valence-corrected chi connectivity index (χ2v) is 3.88. The molecule has 1 aromatic carbocycles. The van der Waals surface area contributed by atoms with Crippen molar-refractivity contribution in [3.8, 4) is 11.5 Å². The van der Waals surface area contributed by atoms with E-state index in [4.69, 9.17) is 5.11 Å². The normalized spacial score (nSPS) is 18.8. The minimum Gasteiger partial charge on any atom is -0.508 e. The summed E-state index contributed by atoms with van der Waals surface area (Å²) in [5.74, 6) is -0.981. The second-order valence-electron chi connectivity index (χ2n) is 3.88. The van der Waals surface area contributed by atoms with Crippen LogP contribution in [0, 0.1) is 0 Å². The number of hydrogen-bond acceptors (Lipinski definition) is 4. The highest BCUT2D eigenvalue weighted by Crippen LogP contribution is 2.22. The number of carbonyl (C=O) groups is 2. The molecule has 4 N–H and O–H groups in total. The molecule has 1 aliphatic heterocycles. The molecule has 0 saturated carbocycles. The summed E-state index contributed by atoms with van der Waals surface area (Å²) >= 11 is 0. The van der Waals surface area contributed by atoms with Crippen molar-refractivity contribution in [3.63, 3.8) is 0 Å². The van der Waals surface area contributed by atoms with Gasteiger partial charge in [0, 0.05) is 19.0 Å². The lowest BCUT2D eigenvalue weighted by molar-refractivity contribution is -0.119. The third-order valence-electron chi connectivity index (χ3n) is 2.54. The molecule has 0 aliphatic carbocycles. The van der Waals surface area contributed by atoms with Gasteiger partial charge in [-0.3, -0.25) is 9.59 Å². The van der Waals surface area contributed by atoms with E-state index in [0.29, 0.717) is 6.54 Å². The monoisotopic (exact) mass is 236 g/mol. The van der Waals surface area contributed by atoms with Crippen LogP contribution in [0.1, 0.15) is 16.8 Å². The number of phenolic OH excluding ortho intramolecular Hbond substituents is 2. The van der Waals surface area contributed by atoms with Crippen molar-refractivity contribution in [2.45, 2.75) is 12.5 Å². The van der Waals surface area contributed by atoms with Crippen LogP contribution < -0.4 is 10.6 Å². The number of amides is 2. The van der Waals surface area contributed by atoms with Crippen molar-refractivity contribution in [1.29, 1.82) is 0 Å². The quantitative estimate of drug-likeness (QED) is 0.567. The van der Waals surface area contributed by atoms with Crippen LogP contribution in [0.4, 0.5) is 0 Å². The van der Waals surface area contributed by atoms with Gasteiger partial charge in [0.25, 0.3) is 5.91 Å². The fourth-order valence-electron chi connectivity index (χ4n) is 1.68. The highest BCUT2D eigenvalue weighted by Gasteiger charge is 2.24. The Kier molecular flexibility index (Phi) is 2.86. The average molecular weight is 236 g/mol. The highest BCUT2D eigenvalue weighted by atomic mass is 16.3. The van der Waals surface area contributed by atoms with Crippen molar-refractivity contribution < 1.29 is 19.8 Å². The Bertz CT molecular complexity index is 473. The number of phenols is 2. The van der Waals surface area contributed by atoms with E-state index >= 15 is 0 Å². The first kappa shape index (κ1) is 11.3. The van der Waals surface area contributed by atoms with Gasteiger partial charge in [0.15, 0.2) is 0 Å². The maximum Gasteiger partial charge on any atom is 0.255 e. The standard InChI is InChI=1S/C11H12N2O4/c14-7-1-2-8(9(15)4-7)11(17)13-6-3-10(16)12-5-6/h1-2,4,6,14-15H,3,5H2,(H,12,16)(H,13,17). The lowest BCUT2D eigenvalue weighted by Crippen LogP contribution is -2.36. The molecular weight excluding hydrogens is 224 g/mol. The van der Waals surface area contributed by atoms with Gasteiger partial charge in [-0.2, -0.15) is 0 Å². The van der Waals surface area contributed by atoms with Gasteiger partial charge in [0.05, 0.1) is 11.6 Å². The molecule has 0 aromatic heterocycles. The first-order chi connectivity index (χ1) is 8.06. The first-order valence-corrected chi connectivity index (χ1v) is 5.16. The Morgan fingerprint density at radius 1 is 1.41 bits per heavy atom. The average Bonchev–Trinajstić information content (AvgIpc) is 2.63. The Balaban J connectivity index is 2.07. The van der Waals surface area contributed by atoms with Crippen LogP contribution in [-0.2, 0) is 4.79 Å². The summed E-state index contributed by atoms with van der Waals surface area (Å²) in [6.45, 7) is 0.392. The van der Waals surface area contributed by atoms with E-state index < -0.39 is 5.91 Å². The molecule has 6 nitrogen and oxygen atoms in total. The number of carbonyl (C=O) groups excluding carboxylic acids is 2. The largest absolute Gasteiger partial charge is 0.508 e. The van der Waals surface area contributed by atoms with Crippen LogP contribution in [0.25, 0.3) is 0 Å². The molecule has 1 aromatic rings. The molecular formula is C11H12N2O4. The van der Waals surface area contributed by atoms with Crippen LogP contribution >= 0.6 is 0 Å². The molecule has 0 radical (unpaired) electrons. The lowest BCUT2D eigenvalue weighted by atomic mass is 10.1. The molecule has 2 amide bonds. The zero-order valence-electron chi connectivity index (χ0n) is 8.93. The van der Waals surface area contributed by atoms with Gasteiger partial charge in [-0.1, -0.05) is 0 Å². The number of nitrogens with one attached hydrogen (secondary N) is 2. The topological polar surface area (TPSA) is 98.7 Å². The zero-order valence-corrected chi connectivity index (χ0v) is 8.93. The zero-order chi connectivity index (χ0) is 12.4. The molecule has 1 unspecified atom stereocenters. The van der Waals surface area contributed by atoms with Crippen LogP contribution in [0.2, 0.25) is 0 Å². The Labute approximate surface area is 97.3 Å². The van der Waals surface area contributed by atoms with Crippen molar-refractivity contribution >= 4 is 11.8 Å². The van der Waals surface area contributed by atoms with E-state index in [1.807, 2.05) is 0 Å². The Morgan fingerprint density at radius 2 is 2.18 bits per heavy atom. The smallest absolute Gasteiger partial charge is 0.255 e. The molecule has 0 spiro atoms. The SMILES string of the molecule is O=C1CC(NC(=O)c2ccc(O)cc2O)CN1. The van der Waals surface area contributed by atoms with E-state index in [-0.39, 0.29) is 35.4 Å². The van der Waals surface area contributed by atoms with E-state index in [1.54, 1.807) is 0 Å². The predicted octanol–water partition coefficient (Wildman–Crippen LogP) is -0.284. The van der Waals surface area contributed by atoms with Crippen molar-refractivity contribution in [3.05, 3.63) is 23.8 Å². The van der Waals surface area contributed by atoms with Gasteiger partial charge in [-0.05, 0) is 12.1 Å². The molecule has 1 atom stereocenters. The van der Waals surface area contributed by atoms with Crippen molar-refractivity contribution in [2.75, 3.05) is 6.54 Å². The molecule has 6 heteroatoms. The van der Waals surface area contributed by atoms with Crippen LogP contribution in [0.5, 0.6) is 11.5 Å². The highest BCUT2D eigenvalue weighted by molar-refractivity contribution is 5.97. The molecule has 1 aliphatic rings. The Hall–Kier alpha value is -2.24. The van der Waals surface area contributed by atoms with E-state index in [1.165, 1.54) is 12.1 Å². The predicted molar refractivity (Wildman–Crippen MR) is 58.7 cm³/mol. The van der Waals surface area contributed by atoms with E-state index in [9.17, 15) is 14.7 Å². The second kappa shape index (κ2) is 4.32. The fourth-order valence-corrected chi connectivity index (χ4v) is 1.68.